The number of hydrogen-bond donors (Lipinski definition) is 0. The standard InChI is InChI=1S/C17H28N2/c1-12-15-14(10-18-11-19-15)8-7-9-16(3,4)13(2)17(12,5)6/h10-13H,7-9H2,1-6H3/t12-,13?/m1/s1. The first-order valence-electron chi connectivity index (χ1n) is 7.55. The molecule has 2 heteroatoms. The van der Waals surface area contributed by atoms with Crippen LogP contribution in [0.3, 0.4) is 0 Å². The highest BCUT2D eigenvalue weighted by atomic mass is 14.8. The predicted octanol–water partition coefficient (Wildman–Crippen LogP) is 4.60. The molecule has 106 valence electrons. The first-order chi connectivity index (χ1) is 8.77. The van der Waals surface area contributed by atoms with Crippen molar-refractivity contribution in [1.29, 1.82) is 0 Å². The van der Waals surface area contributed by atoms with Gasteiger partial charge in [0.1, 0.15) is 6.33 Å². The summed E-state index contributed by atoms with van der Waals surface area (Å²) >= 11 is 0. The predicted molar refractivity (Wildman–Crippen MR) is 80.1 cm³/mol. The zero-order chi connectivity index (χ0) is 14.3. The van der Waals surface area contributed by atoms with Crippen molar-refractivity contribution in [2.75, 3.05) is 0 Å². The number of aromatic nitrogens is 2. The minimum Gasteiger partial charge on any atom is -0.245 e. The van der Waals surface area contributed by atoms with Gasteiger partial charge >= 0.3 is 0 Å². The molecule has 1 aromatic rings. The molecule has 0 radical (unpaired) electrons. The van der Waals surface area contributed by atoms with Crippen LogP contribution in [-0.2, 0) is 6.42 Å². The van der Waals surface area contributed by atoms with Crippen molar-refractivity contribution in [3.8, 4) is 0 Å². The van der Waals surface area contributed by atoms with Gasteiger partial charge in [0.05, 0.1) is 5.69 Å². The highest BCUT2D eigenvalue weighted by molar-refractivity contribution is 5.23. The maximum Gasteiger partial charge on any atom is 0.115 e. The molecule has 0 saturated carbocycles. The van der Waals surface area contributed by atoms with Crippen molar-refractivity contribution in [2.24, 2.45) is 16.7 Å². The van der Waals surface area contributed by atoms with Gasteiger partial charge in [0.25, 0.3) is 0 Å². The Balaban J connectivity index is 2.49. The third kappa shape index (κ3) is 2.54. The molecular formula is C17H28N2. The summed E-state index contributed by atoms with van der Waals surface area (Å²) in [5.74, 6) is 1.13. The lowest BCUT2D eigenvalue weighted by atomic mass is 9.59. The Bertz CT molecular complexity index is 448. The smallest absolute Gasteiger partial charge is 0.115 e. The van der Waals surface area contributed by atoms with E-state index < -0.39 is 0 Å². The molecule has 1 unspecified atom stereocenters. The highest BCUT2D eigenvalue weighted by Crippen LogP contribution is 2.51. The molecule has 1 aliphatic carbocycles. The molecule has 0 aromatic carbocycles. The van der Waals surface area contributed by atoms with Gasteiger partial charge in [-0.2, -0.15) is 0 Å². The van der Waals surface area contributed by atoms with Crippen LogP contribution in [0.2, 0.25) is 0 Å². The summed E-state index contributed by atoms with van der Waals surface area (Å²) in [6.07, 6.45) is 7.36. The van der Waals surface area contributed by atoms with E-state index in [-0.39, 0.29) is 5.41 Å². The molecule has 0 fully saturated rings. The fourth-order valence-corrected chi connectivity index (χ4v) is 3.64. The van der Waals surface area contributed by atoms with E-state index in [9.17, 15) is 0 Å². The fraction of sp³-hybridized carbons (Fsp3) is 0.765. The molecule has 0 N–H and O–H groups in total. The average Bonchev–Trinajstić information content (AvgIpc) is 2.38. The Morgan fingerprint density at radius 1 is 1.16 bits per heavy atom. The van der Waals surface area contributed by atoms with Crippen LogP contribution in [-0.4, -0.2) is 9.97 Å². The van der Waals surface area contributed by atoms with Crippen molar-refractivity contribution in [3.05, 3.63) is 23.8 Å². The monoisotopic (exact) mass is 260 g/mol. The number of hydrogen-bond acceptors (Lipinski definition) is 2. The van der Waals surface area contributed by atoms with E-state index in [1.54, 1.807) is 6.33 Å². The molecular weight excluding hydrogens is 232 g/mol. The second-order valence-electron chi connectivity index (χ2n) is 7.54. The van der Waals surface area contributed by atoms with Gasteiger partial charge in [-0.05, 0) is 41.6 Å². The van der Waals surface area contributed by atoms with Crippen LogP contribution < -0.4 is 0 Å². The maximum absolute atomic E-state index is 4.61. The van der Waals surface area contributed by atoms with E-state index in [0.717, 1.165) is 6.42 Å². The van der Waals surface area contributed by atoms with Crippen LogP contribution in [0.25, 0.3) is 0 Å². The van der Waals surface area contributed by atoms with Crippen molar-refractivity contribution in [3.63, 3.8) is 0 Å². The van der Waals surface area contributed by atoms with Gasteiger partial charge in [0.15, 0.2) is 0 Å². The van der Waals surface area contributed by atoms with Gasteiger partial charge in [-0.1, -0.05) is 41.5 Å². The molecule has 0 amide bonds. The summed E-state index contributed by atoms with van der Waals surface area (Å²) in [7, 11) is 0. The molecule has 19 heavy (non-hydrogen) atoms. The van der Waals surface area contributed by atoms with E-state index >= 15 is 0 Å². The first kappa shape index (κ1) is 14.5. The lowest BCUT2D eigenvalue weighted by Gasteiger charge is -2.45. The zero-order valence-electron chi connectivity index (χ0n) is 13.3. The van der Waals surface area contributed by atoms with E-state index in [4.69, 9.17) is 0 Å². The van der Waals surface area contributed by atoms with E-state index in [1.807, 2.05) is 6.20 Å². The molecule has 1 heterocycles. The summed E-state index contributed by atoms with van der Waals surface area (Å²) < 4.78 is 0. The van der Waals surface area contributed by atoms with Crippen LogP contribution >= 0.6 is 0 Å². The molecule has 2 rings (SSSR count). The van der Waals surface area contributed by atoms with Gasteiger partial charge in [-0.15, -0.1) is 0 Å². The molecule has 1 aromatic heterocycles. The van der Waals surface area contributed by atoms with Gasteiger partial charge in [-0.25, -0.2) is 9.97 Å². The van der Waals surface area contributed by atoms with Crippen molar-refractivity contribution in [2.45, 2.75) is 66.7 Å². The molecule has 0 bridgehead atoms. The minimum atomic E-state index is 0.247. The second kappa shape index (κ2) is 4.88. The van der Waals surface area contributed by atoms with Gasteiger partial charge in [0, 0.05) is 12.1 Å². The summed E-state index contributed by atoms with van der Waals surface area (Å²) in [5, 5.41) is 0. The summed E-state index contributed by atoms with van der Waals surface area (Å²) in [5.41, 5.74) is 3.25. The lowest BCUT2D eigenvalue weighted by molar-refractivity contribution is 0.0612. The Kier molecular flexibility index (Phi) is 3.72. The van der Waals surface area contributed by atoms with E-state index in [2.05, 4.69) is 51.5 Å². The quantitative estimate of drug-likeness (QED) is 0.681. The van der Waals surface area contributed by atoms with Crippen LogP contribution in [0.15, 0.2) is 12.5 Å². The third-order valence-electron chi connectivity index (χ3n) is 5.90. The first-order valence-corrected chi connectivity index (χ1v) is 7.55. The minimum absolute atomic E-state index is 0.247. The van der Waals surface area contributed by atoms with Gasteiger partial charge in [-0.3, -0.25) is 0 Å². The van der Waals surface area contributed by atoms with Gasteiger partial charge in [0.2, 0.25) is 0 Å². The number of nitrogens with zero attached hydrogens (tertiary/aromatic N) is 2. The Hall–Kier alpha value is -0.920. The van der Waals surface area contributed by atoms with Crippen molar-refractivity contribution in [1.82, 2.24) is 9.97 Å². The average molecular weight is 260 g/mol. The SMILES string of the molecule is CC1C(C)(C)CCCc2cncnc2[C@@H](C)C1(C)C. The lowest BCUT2D eigenvalue weighted by Crippen LogP contribution is -2.37. The summed E-state index contributed by atoms with van der Waals surface area (Å²) in [4.78, 5) is 8.84. The molecule has 0 aliphatic heterocycles. The summed E-state index contributed by atoms with van der Waals surface area (Å²) in [6, 6.07) is 0. The van der Waals surface area contributed by atoms with Crippen LogP contribution in [0.5, 0.6) is 0 Å². The number of aryl methyl sites for hydroxylation is 1. The number of rotatable bonds is 0. The van der Waals surface area contributed by atoms with Crippen molar-refractivity contribution < 1.29 is 0 Å². The molecule has 1 aliphatic rings. The fourth-order valence-electron chi connectivity index (χ4n) is 3.64. The molecule has 2 nitrogen and oxygen atoms in total. The third-order valence-corrected chi connectivity index (χ3v) is 5.90. The topological polar surface area (TPSA) is 25.8 Å². The maximum atomic E-state index is 4.61. The van der Waals surface area contributed by atoms with Crippen LogP contribution in [0, 0.1) is 16.7 Å². The Labute approximate surface area is 118 Å². The summed E-state index contributed by atoms with van der Waals surface area (Å²) in [6.45, 7) is 14.4. The van der Waals surface area contributed by atoms with E-state index in [1.165, 1.54) is 24.1 Å². The Morgan fingerprint density at radius 2 is 1.84 bits per heavy atom. The van der Waals surface area contributed by atoms with Gasteiger partial charge < -0.3 is 0 Å². The normalized spacial score (nSPS) is 29.8. The number of fused-ring (bicyclic) bond motifs is 1. The second-order valence-corrected chi connectivity index (χ2v) is 7.54. The van der Waals surface area contributed by atoms with Crippen LogP contribution in [0.1, 0.15) is 71.6 Å². The van der Waals surface area contributed by atoms with Crippen LogP contribution in [0.4, 0.5) is 0 Å². The molecule has 2 atom stereocenters. The van der Waals surface area contributed by atoms with E-state index in [0.29, 0.717) is 17.3 Å². The zero-order valence-corrected chi connectivity index (χ0v) is 13.3. The largest absolute Gasteiger partial charge is 0.245 e. The molecule has 0 spiro atoms. The Morgan fingerprint density at radius 3 is 2.53 bits per heavy atom. The van der Waals surface area contributed by atoms with Crippen molar-refractivity contribution >= 4 is 0 Å². The highest BCUT2D eigenvalue weighted by Gasteiger charge is 2.42. The molecule has 0 saturated heterocycles.